The van der Waals surface area contributed by atoms with Crippen molar-refractivity contribution in [3.63, 3.8) is 0 Å². The molecule has 0 aliphatic heterocycles. The number of halogens is 2. The molecular weight excluding hydrogens is 371 g/mol. The van der Waals surface area contributed by atoms with Crippen LogP contribution in [0.4, 0.5) is 5.95 Å². The van der Waals surface area contributed by atoms with Crippen LogP contribution in [-0.4, -0.2) is 23.2 Å². The minimum atomic E-state index is -4.00. The Bertz CT molecular complexity index is 938. The van der Waals surface area contributed by atoms with Crippen molar-refractivity contribution in [3.05, 3.63) is 70.5 Å². The maximum Gasteiger partial charge on any atom is 0.267 e. The maximum atomic E-state index is 12.6. The van der Waals surface area contributed by atoms with Gasteiger partial charge in [-0.1, -0.05) is 59.6 Å². The molecular formula is C15H12Cl2N4O2S. The lowest BCUT2D eigenvalue weighted by molar-refractivity contribution is 0.600. The van der Waals surface area contributed by atoms with Crippen molar-refractivity contribution in [2.45, 2.75) is 11.4 Å². The molecule has 3 aromatic rings. The van der Waals surface area contributed by atoms with E-state index >= 15 is 0 Å². The second kappa shape index (κ2) is 6.80. The standard InChI is InChI=1S/C15H12Cl2N4O2S/c16-12-7-4-8-13(17)14(12)24(22,23)20-15-19-18-10-21(15)9-11-5-2-1-3-6-11/h1-8,10H,9H2,(H,19,20). The molecule has 0 radical (unpaired) electrons. The Kier molecular flexibility index (Phi) is 4.75. The highest BCUT2D eigenvalue weighted by atomic mass is 35.5. The monoisotopic (exact) mass is 382 g/mol. The molecule has 2 aromatic carbocycles. The maximum absolute atomic E-state index is 12.6. The van der Waals surface area contributed by atoms with Crippen LogP contribution < -0.4 is 4.72 Å². The van der Waals surface area contributed by atoms with Crippen LogP contribution in [-0.2, 0) is 16.6 Å². The van der Waals surface area contributed by atoms with Gasteiger partial charge in [0.25, 0.3) is 10.0 Å². The zero-order valence-electron chi connectivity index (χ0n) is 12.2. The molecule has 9 heteroatoms. The van der Waals surface area contributed by atoms with Gasteiger partial charge in [-0.15, -0.1) is 10.2 Å². The van der Waals surface area contributed by atoms with Gasteiger partial charge >= 0.3 is 0 Å². The first-order valence-corrected chi connectivity index (χ1v) is 9.10. The lowest BCUT2D eigenvalue weighted by atomic mass is 10.2. The third-order valence-electron chi connectivity index (χ3n) is 3.22. The van der Waals surface area contributed by atoms with E-state index in [9.17, 15) is 8.42 Å². The van der Waals surface area contributed by atoms with E-state index < -0.39 is 10.0 Å². The lowest BCUT2D eigenvalue weighted by Gasteiger charge is -2.11. The fourth-order valence-electron chi connectivity index (χ4n) is 2.14. The Morgan fingerprint density at radius 1 is 1.00 bits per heavy atom. The Balaban J connectivity index is 1.91. The van der Waals surface area contributed by atoms with E-state index in [2.05, 4.69) is 14.9 Å². The number of hydrogen-bond donors (Lipinski definition) is 1. The Morgan fingerprint density at radius 2 is 1.67 bits per heavy atom. The Morgan fingerprint density at radius 3 is 2.33 bits per heavy atom. The van der Waals surface area contributed by atoms with E-state index in [1.807, 2.05) is 30.3 Å². The zero-order chi connectivity index (χ0) is 17.2. The number of sulfonamides is 1. The predicted octanol–water partition coefficient (Wildman–Crippen LogP) is 3.43. The summed E-state index contributed by atoms with van der Waals surface area (Å²) in [6.07, 6.45) is 1.44. The molecule has 0 unspecified atom stereocenters. The fraction of sp³-hybridized carbons (Fsp3) is 0.0667. The van der Waals surface area contributed by atoms with Crippen LogP contribution in [0.25, 0.3) is 0 Å². The van der Waals surface area contributed by atoms with Crippen LogP contribution in [0.15, 0.2) is 59.8 Å². The number of nitrogens with one attached hydrogen (secondary N) is 1. The van der Waals surface area contributed by atoms with Gasteiger partial charge in [0.05, 0.1) is 16.6 Å². The minimum absolute atomic E-state index is 0.0316. The average molecular weight is 383 g/mol. The minimum Gasteiger partial charge on any atom is -0.295 e. The van der Waals surface area contributed by atoms with Crippen molar-refractivity contribution in [3.8, 4) is 0 Å². The normalized spacial score (nSPS) is 11.4. The summed E-state index contributed by atoms with van der Waals surface area (Å²) in [6, 6.07) is 14.0. The topological polar surface area (TPSA) is 76.9 Å². The average Bonchev–Trinajstić information content (AvgIpc) is 2.94. The molecule has 24 heavy (non-hydrogen) atoms. The number of aromatic nitrogens is 3. The van der Waals surface area contributed by atoms with Crippen molar-refractivity contribution in [1.29, 1.82) is 0 Å². The van der Waals surface area contributed by atoms with Gasteiger partial charge in [-0.2, -0.15) is 0 Å². The summed E-state index contributed by atoms with van der Waals surface area (Å²) in [5, 5.41) is 7.64. The van der Waals surface area contributed by atoms with E-state index in [0.717, 1.165) is 5.56 Å². The molecule has 3 rings (SSSR count). The van der Waals surface area contributed by atoms with Gasteiger partial charge in [0.2, 0.25) is 5.95 Å². The van der Waals surface area contributed by atoms with E-state index in [1.165, 1.54) is 18.5 Å². The first kappa shape index (κ1) is 16.8. The Hall–Kier alpha value is -2.09. The molecule has 1 aromatic heterocycles. The van der Waals surface area contributed by atoms with Crippen LogP contribution in [0.1, 0.15) is 5.56 Å². The quantitative estimate of drug-likeness (QED) is 0.732. The largest absolute Gasteiger partial charge is 0.295 e. The van der Waals surface area contributed by atoms with E-state index in [-0.39, 0.29) is 20.9 Å². The molecule has 1 N–H and O–H groups in total. The van der Waals surface area contributed by atoms with Gasteiger partial charge in [0.1, 0.15) is 11.2 Å². The van der Waals surface area contributed by atoms with Gasteiger partial charge in [0.15, 0.2) is 0 Å². The zero-order valence-corrected chi connectivity index (χ0v) is 14.6. The highest BCUT2D eigenvalue weighted by Crippen LogP contribution is 2.30. The summed E-state index contributed by atoms with van der Waals surface area (Å²) in [5.74, 6) is 0.0786. The molecule has 0 spiro atoms. The van der Waals surface area contributed by atoms with Gasteiger partial charge < -0.3 is 0 Å². The van der Waals surface area contributed by atoms with Gasteiger partial charge in [-0.3, -0.25) is 4.57 Å². The SMILES string of the molecule is O=S(=O)(Nc1nncn1Cc1ccccc1)c1c(Cl)cccc1Cl. The van der Waals surface area contributed by atoms with Gasteiger partial charge in [-0.25, -0.2) is 13.1 Å². The van der Waals surface area contributed by atoms with Crippen LogP contribution in [0.3, 0.4) is 0 Å². The highest BCUT2D eigenvalue weighted by molar-refractivity contribution is 7.93. The molecule has 0 fully saturated rings. The first-order valence-electron chi connectivity index (χ1n) is 6.86. The molecule has 1 heterocycles. The molecule has 0 saturated carbocycles. The Labute approximate surface area is 149 Å². The van der Waals surface area contributed by atoms with Crippen LogP contribution >= 0.6 is 23.2 Å². The second-order valence-corrected chi connectivity index (χ2v) is 7.36. The van der Waals surface area contributed by atoms with Gasteiger partial charge in [0, 0.05) is 0 Å². The van der Waals surface area contributed by atoms with Crippen LogP contribution in [0.5, 0.6) is 0 Å². The number of hydrogen-bond acceptors (Lipinski definition) is 4. The van der Waals surface area contributed by atoms with E-state index in [0.29, 0.717) is 6.54 Å². The molecule has 0 aliphatic rings. The number of rotatable bonds is 5. The fourth-order valence-corrected chi connectivity index (χ4v) is 4.30. The molecule has 0 saturated heterocycles. The van der Waals surface area contributed by atoms with E-state index in [1.54, 1.807) is 10.6 Å². The molecule has 6 nitrogen and oxygen atoms in total. The van der Waals surface area contributed by atoms with Crippen molar-refractivity contribution in [2.24, 2.45) is 0 Å². The summed E-state index contributed by atoms with van der Waals surface area (Å²) in [6.45, 7) is 0.419. The summed E-state index contributed by atoms with van der Waals surface area (Å²) in [5.41, 5.74) is 0.980. The number of benzene rings is 2. The summed E-state index contributed by atoms with van der Waals surface area (Å²) < 4.78 is 29.1. The summed E-state index contributed by atoms with van der Waals surface area (Å²) in [7, 11) is -4.00. The number of anilines is 1. The van der Waals surface area contributed by atoms with Crippen molar-refractivity contribution >= 4 is 39.2 Å². The summed E-state index contributed by atoms with van der Waals surface area (Å²) in [4.78, 5) is -0.192. The van der Waals surface area contributed by atoms with Crippen molar-refractivity contribution in [2.75, 3.05) is 4.72 Å². The lowest BCUT2D eigenvalue weighted by Crippen LogP contribution is -2.17. The smallest absolute Gasteiger partial charge is 0.267 e. The predicted molar refractivity (Wildman–Crippen MR) is 92.8 cm³/mol. The van der Waals surface area contributed by atoms with Crippen molar-refractivity contribution < 1.29 is 8.42 Å². The van der Waals surface area contributed by atoms with E-state index in [4.69, 9.17) is 23.2 Å². The highest BCUT2D eigenvalue weighted by Gasteiger charge is 2.23. The third kappa shape index (κ3) is 3.53. The van der Waals surface area contributed by atoms with Crippen LogP contribution in [0, 0.1) is 0 Å². The summed E-state index contributed by atoms with van der Waals surface area (Å²) >= 11 is 12.0. The number of nitrogens with zero attached hydrogens (tertiary/aromatic N) is 3. The molecule has 0 bridgehead atoms. The molecule has 0 aliphatic carbocycles. The first-order chi connectivity index (χ1) is 11.5. The molecule has 0 amide bonds. The third-order valence-corrected chi connectivity index (χ3v) is 5.51. The van der Waals surface area contributed by atoms with Gasteiger partial charge in [-0.05, 0) is 17.7 Å². The molecule has 124 valence electrons. The molecule has 0 atom stereocenters. The van der Waals surface area contributed by atoms with Crippen LogP contribution in [0.2, 0.25) is 10.0 Å². The van der Waals surface area contributed by atoms with Crippen molar-refractivity contribution in [1.82, 2.24) is 14.8 Å². The second-order valence-electron chi connectivity index (χ2n) is 4.92.